The van der Waals surface area contributed by atoms with Gasteiger partial charge in [-0.2, -0.15) is 0 Å². The third-order valence-corrected chi connectivity index (χ3v) is 2.94. The zero-order valence-electron chi connectivity index (χ0n) is 9.95. The summed E-state index contributed by atoms with van der Waals surface area (Å²) >= 11 is 0. The molecule has 1 aromatic rings. The van der Waals surface area contributed by atoms with E-state index in [1.807, 2.05) is 32.9 Å². The molecule has 0 saturated carbocycles. The predicted octanol–water partition coefficient (Wildman–Crippen LogP) is 2.66. The van der Waals surface area contributed by atoms with Gasteiger partial charge < -0.3 is 9.84 Å². The highest BCUT2D eigenvalue weighted by Gasteiger charge is 2.19. The second-order valence-electron chi connectivity index (χ2n) is 4.42. The van der Waals surface area contributed by atoms with Crippen molar-refractivity contribution in [3.63, 3.8) is 0 Å². The maximum absolute atomic E-state index is 9.11. The van der Waals surface area contributed by atoms with Gasteiger partial charge in [0.15, 0.2) is 0 Å². The Balaban J connectivity index is 3.02. The van der Waals surface area contributed by atoms with Gasteiger partial charge in [-0.05, 0) is 25.0 Å². The molecule has 84 valence electrons. The molecule has 0 bridgehead atoms. The molecule has 2 heteroatoms. The zero-order chi connectivity index (χ0) is 11.5. The van der Waals surface area contributed by atoms with Gasteiger partial charge in [0.05, 0.1) is 5.60 Å². The highest BCUT2D eigenvalue weighted by molar-refractivity contribution is 5.29. The molecule has 0 aliphatic rings. The fourth-order valence-electron chi connectivity index (χ4n) is 1.44. The summed E-state index contributed by atoms with van der Waals surface area (Å²) in [5.74, 6) is 0.178. The Morgan fingerprint density at radius 1 is 1.40 bits per heavy atom. The summed E-state index contributed by atoms with van der Waals surface area (Å²) in [6, 6.07) is 8.20. The predicted molar refractivity (Wildman–Crippen MR) is 62.0 cm³/mol. The number of rotatable bonds is 4. The minimum atomic E-state index is -0.273. The number of hydrogen-bond acceptors (Lipinski definition) is 2. The average Bonchev–Trinajstić information content (AvgIpc) is 2.28. The molecule has 0 saturated heterocycles. The van der Waals surface area contributed by atoms with E-state index < -0.39 is 0 Å². The van der Waals surface area contributed by atoms with E-state index in [9.17, 15) is 0 Å². The maximum Gasteiger partial charge on any atom is 0.0871 e. The Morgan fingerprint density at radius 3 is 2.60 bits per heavy atom. The summed E-state index contributed by atoms with van der Waals surface area (Å²) < 4.78 is 5.43. The van der Waals surface area contributed by atoms with Crippen LogP contribution in [0.1, 0.15) is 37.8 Å². The van der Waals surface area contributed by atoms with Gasteiger partial charge in [-0.3, -0.25) is 0 Å². The molecule has 15 heavy (non-hydrogen) atoms. The third-order valence-electron chi connectivity index (χ3n) is 2.94. The lowest BCUT2D eigenvalue weighted by Crippen LogP contribution is -2.19. The molecule has 1 aromatic carbocycles. The Hall–Kier alpha value is -0.860. The van der Waals surface area contributed by atoms with E-state index in [4.69, 9.17) is 9.84 Å². The number of hydrogen-bond donors (Lipinski definition) is 1. The summed E-state index contributed by atoms with van der Waals surface area (Å²) in [5.41, 5.74) is 2.02. The quantitative estimate of drug-likeness (QED) is 0.824. The maximum atomic E-state index is 9.11. The van der Waals surface area contributed by atoms with Crippen LogP contribution in [-0.2, 0) is 10.3 Å². The number of methoxy groups -OCH3 is 1. The van der Waals surface area contributed by atoms with E-state index >= 15 is 0 Å². The standard InChI is InChI=1S/C13H20O2/c1-10(9-14)11-6-5-7-12(8-11)13(2,3)15-4/h5-8,10,14H,9H2,1-4H3. The van der Waals surface area contributed by atoms with Gasteiger partial charge in [0.25, 0.3) is 0 Å². The number of aliphatic hydroxyl groups is 1. The molecule has 1 atom stereocenters. The fraction of sp³-hybridized carbons (Fsp3) is 0.538. The fourth-order valence-corrected chi connectivity index (χ4v) is 1.44. The van der Waals surface area contributed by atoms with Crippen LogP contribution in [0.25, 0.3) is 0 Å². The van der Waals surface area contributed by atoms with Gasteiger partial charge in [-0.1, -0.05) is 31.2 Å². The molecule has 2 nitrogen and oxygen atoms in total. The Bertz CT molecular complexity index is 318. The van der Waals surface area contributed by atoms with E-state index in [0.29, 0.717) is 0 Å². The van der Waals surface area contributed by atoms with Crippen molar-refractivity contribution in [3.8, 4) is 0 Å². The Kier molecular flexibility index (Phi) is 3.89. The second kappa shape index (κ2) is 4.77. The van der Waals surface area contributed by atoms with Crippen LogP contribution in [0, 0.1) is 0 Å². The summed E-state index contributed by atoms with van der Waals surface area (Å²) in [6.45, 7) is 6.27. The van der Waals surface area contributed by atoms with E-state index in [0.717, 1.165) is 11.1 Å². The van der Waals surface area contributed by atoms with Crippen LogP contribution in [0.15, 0.2) is 24.3 Å². The van der Waals surface area contributed by atoms with Gasteiger partial charge in [0.1, 0.15) is 0 Å². The molecular formula is C13H20O2. The van der Waals surface area contributed by atoms with Gasteiger partial charge in [-0.15, -0.1) is 0 Å². The van der Waals surface area contributed by atoms with Crippen molar-refractivity contribution < 1.29 is 9.84 Å². The van der Waals surface area contributed by atoms with Crippen LogP contribution >= 0.6 is 0 Å². The summed E-state index contributed by atoms with van der Waals surface area (Å²) in [6.07, 6.45) is 0. The molecule has 0 aliphatic carbocycles. The first-order valence-corrected chi connectivity index (χ1v) is 5.27. The lowest BCUT2D eigenvalue weighted by Gasteiger charge is -2.24. The number of benzene rings is 1. The van der Waals surface area contributed by atoms with Crippen molar-refractivity contribution in [2.45, 2.75) is 32.3 Å². The second-order valence-corrected chi connectivity index (χ2v) is 4.42. The lowest BCUT2D eigenvalue weighted by atomic mass is 9.92. The topological polar surface area (TPSA) is 29.5 Å². The smallest absolute Gasteiger partial charge is 0.0871 e. The zero-order valence-corrected chi connectivity index (χ0v) is 9.95. The minimum Gasteiger partial charge on any atom is -0.396 e. The first-order valence-electron chi connectivity index (χ1n) is 5.27. The largest absolute Gasteiger partial charge is 0.396 e. The van der Waals surface area contributed by atoms with Crippen LogP contribution in [0.4, 0.5) is 0 Å². The Labute approximate surface area is 91.9 Å². The average molecular weight is 208 g/mol. The van der Waals surface area contributed by atoms with E-state index in [1.165, 1.54) is 0 Å². The Morgan fingerprint density at radius 2 is 2.07 bits per heavy atom. The molecule has 1 N–H and O–H groups in total. The summed E-state index contributed by atoms with van der Waals surface area (Å²) in [4.78, 5) is 0. The SMILES string of the molecule is COC(C)(C)c1cccc(C(C)CO)c1. The van der Waals surface area contributed by atoms with Crippen LogP contribution in [-0.4, -0.2) is 18.8 Å². The number of aliphatic hydroxyl groups excluding tert-OH is 1. The van der Waals surface area contributed by atoms with Crippen molar-refractivity contribution in [3.05, 3.63) is 35.4 Å². The summed E-state index contributed by atoms with van der Waals surface area (Å²) in [5, 5.41) is 9.11. The van der Waals surface area contributed by atoms with Crippen molar-refractivity contribution in [1.29, 1.82) is 0 Å². The van der Waals surface area contributed by atoms with Gasteiger partial charge in [-0.25, -0.2) is 0 Å². The van der Waals surface area contributed by atoms with Crippen molar-refractivity contribution >= 4 is 0 Å². The molecule has 1 unspecified atom stereocenters. The third kappa shape index (κ3) is 2.80. The molecule has 1 rings (SSSR count). The first kappa shape index (κ1) is 12.2. The van der Waals surface area contributed by atoms with Crippen molar-refractivity contribution in [2.24, 2.45) is 0 Å². The molecule has 0 aromatic heterocycles. The molecule has 0 spiro atoms. The molecule has 0 heterocycles. The van der Waals surface area contributed by atoms with Crippen LogP contribution in [0.5, 0.6) is 0 Å². The molecule has 0 amide bonds. The molecule has 0 aliphatic heterocycles. The minimum absolute atomic E-state index is 0.177. The highest BCUT2D eigenvalue weighted by Crippen LogP contribution is 2.26. The monoisotopic (exact) mass is 208 g/mol. The lowest BCUT2D eigenvalue weighted by molar-refractivity contribution is 0.0191. The number of ether oxygens (including phenoxy) is 1. The molecular weight excluding hydrogens is 188 g/mol. The van der Waals surface area contributed by atoms with Gasteiger partial charge >= 0.3 is 0 Å². The van der Waals surface area contributed by atoms with E-state index in [2.05, 4.69) is 12.1 Å². The van der Waals surface area contributed by atoms with Crippen LogP contribution < -0.4 is 0 Å². The van der Waals surface area contributed by atoms with Crippen molar-refractivity contribution in [1.82, 2.24) is 0 Å². The van der Waals surface area contributed by atoms with E-state index in [1.54, 1.807) is 7.11 Å². The molecule has 0 radical (unpaired) electrons. The normalized spacial score (nSPS) is 13.9. The van der Waals surface area contributed by atoms with Gasteiger partial charge in [0, 0.05) is 19.6 Å². The van der Waals surface area contributed by atoms with E-state index in [-0.39, 0.29) is 18.1 Å². The van der Waals surface area contributed by atoms with Crippen molar-refractivity contribution in [2.75, 3.05) is 13.7 Å². The highest BCUT2D eigenvalue weighted by atomic mass is 16.5. The first-order chi connectivity index (χ1) is 7.01. The molecule has 0 fully saturated rings. The van der Waals surface area contributed by atoms with Crippen LogP contribution in [0.3, 0.4) is 0 Å². The summed E-state index contributed by atoms with van der Waals surface area (Å²) in [7, 11) is 1.71. The van der Waals surface area contributed by atoms with Crippen LogP contribution in [0.2, 0.25) is 0 Å². The van der Waals surface area contributed by atoms with Gasteiger partial charge in [0.2, 0.25) is 0 Å².